The summed E-state index contributed by atoms with van der Waals surface area (Å²) in [5.74, 6) is 4.05. The first-order valence-corrected chi connectivity index (χ1v) is 10.4. The number of carbonyl (C=O) groups excluding carboxylic acids is 1. The monoisotopic (exact) mass is 438 g/mol. The fourth-order valence-corrected chi connectivity index (χ4v) is 3.39. The van der Waals surface area contributed by atoms with Gasteiger partial charge in [-0.3, -0.25) is 4.79 Å². The van der Waals surface area contributed by atoms with Gasteiger partial charge in [0.05, 0.1) is 7.05 Å². The van der Waals surface area contributed by atoms with Gasteiger partial charge in [0, 0.05) is 34.7 Å². The van der Waals surface area contributed by atoms with Crippen LogP contribution in [0, 0.1) is 19.3 Å². The summed E-state index contributed by atoms with van der Waals surface area (Å²) in [5.41, 5.74) is 5.01. The lowest BCUT2D eigenvalue weighted by molar-refractivity contribution is -0.668. The molecule has 164 valence electrons. The van der Waals surface area contributed by atoms with Crippen molar-refractivity contribution >= 4 is 11.6 Å². The number of nitrogens with one attached hydrogen (secondary N) is 3. The Morgan fingerprint density at radius 3 is 2.85 bits per heavy atom. The number of carbonyl (C=O) groups is 1. The van der Waals surface area contributed by atoms with Crippen molar-refractivity contribution in [1.82, 2.24) is 25.5 Å². The van der Waals surface area contributed by atoms with E-state index in [1.54, 1.807) is 18.3 Å². The molecule has 4 rings (SSSR count). The number of anilines is 1. The van der Waals surface area contributed by atoms with Crippen molar-refractivity contribution in [2.24, 2.45) is 7.05 Å². The number of amides is 1. The topological polar surface area (TPSA) is 99.5 Å². The number of aryl methyl sites for hydroxylation is 1. The van der Waals surface area contributed by atoms with Crippen LogP contribution in [-0.4, -0.2) is 26.1 Å². The van der Waals surface area contributed by atoms with Crippen molar-refractivity contribution < 1.29 is 9.36 Å². The maximum absolute atomic E-state index is 12.7. The fourth-order valence-electron chi connectivity index (χ4n) is 3.39. The average Bonchev–Trinajstić information content (AvgIpc) is 3.23. The number of benzene rings is 2. The molecule has 0 unspecified atom stereocenters. The third kappa shape index (κ3) is 5.05. The zero-order valence-corrected chi connectivity index (χ0v) is 18.5. The predicted molar refractivity (Wildman–Crippen MR) is 125 cm³/mol. The minimum atomic E-state index is -0.151. The largest absolute Gasteiger partial charge is 0.375 e. The quantitative estimate of drug-likeness (QED) is 0.304. The molecular weight excluding hydrogens is 414 g/mol. The van der Waals surface area contributed by atoms with Crippen molar-refractivity contribution in [1.29, 1.82) is 0 Å². The molecule has 0 aliphatic heterocycles. The van der Waals surface area contributed by atoms with Crippen LogP contribution < -0.4 is 15.2 Å². The molecule has 0 bridgehead atoms. The zero-order valence-electron chi connectivity index (χ0n) is 18.5. The number of terminal acetylenes is 1. The fraction of sp³-hybridized carbons (Fsp3) is 0.160. The minimum Gasteiger partial charge on any atom is -0.375 e. The van der Waals surface area contributed by atoms with Crippen LogP contribution in [0.5, 0.6) is 0 Å². The summed E-state index contributed by atoms with van der Waals surface area (Å²) in [6.07, 6.45) is 8.66. The number of aromatic nitrogens is 5. The van der Waals surface area contributed by atoms with Gasteiger partial charge in [-0.05, 0) is 54.4 Å². The highest BCUT2D eigenvalue weighted by atomic mass is 16.1. The van der Waals surface area contributed by atoms with Crippen molar-refractivity contribution in [3.8, 4) is 23.9 Å². The SMILES string of the molecule is C#Cc1ccc(C)c(CNC(=O)c2cccc(NCc3[nH]nc(-c4ccncn4)[n+]3C)c2)c1. The van der Waals surface area contributed by atoms with Gasteiger partial charge in [-0.15, -0.1) is 11.5 Å². The third-order valence-electron chi connectivity index (χ3n) is 5.36. The number of hydrogen-bond acceptors (Lipinski definition) is 5. The van der Waals surface area contributed by atoms with Crippen LogP contribution in [0.4, 0.5) is 5.69 Å². The zero-order chi connectivity index (χ0) is 23.2. The highest BCUT2D eigenvalue weighted by Crippen LogP contribution is 2.14. The molecule has 1 amide bonds. The van der Waals surface area contributed by atoms with E-state index in [4.69, 9.17) is 6.42 Å². The molecule has 0 radical (unpaired) electrons. The Balaban J connectivity index is 1.40. The van der Waals surface area contributed by atoms with Gasteiger partial charge >= 0.3 is 5.82 Å². The van der Waals surface area contributed by atoms with Crippen LogP contribution >= 0.6 is 0 Å². The van der Waals surface area contributed by atoms with Gasteiger partial charge < -0.3 is 10.6 Å². The smallest absolute Gasteiger partial charge is 0.327 e. The normalized spacial score (nSPS) is 10.5. The minimum absolute atomic E-state index is 0.151. The predicted octanol–water partition coefficient (Wildman–Crippen LogP) is 2.52. The van der Waals surface area contributed by atoms with Crippen molar-refractivity contribution in [3.05, 3.63) is 89.1 Å². The second kappa shape index (κ2) is 9.75. The van der Waals surface area contributed by atoms with Crippen molar-refractivity contribution in [3.63, 3.8) is 0 Å². The van der Waals surface area contributed by atoms with E-state index < -0.39 is 0 Å². The Labute approximate surface area is 192 Å². The lowest BCUT2D eigenvalue weighted by Gasteiger charge is -2.10. The summed E-state index contributed by atoms with van der Waals surface area (Å²) < 4.78 is 1.93. The molecule has 2 aromatic carbocycles. The Hall–Kier alpha value is -4.51. The number of hydrogen-bond donors (Lipinski definition) is 3. The highest BCUT2D eigenvalue weighted by molar-refractivity contribution is 5.95. The van der Waals surface area contributed by atoms with E-state index in [9.17, 15) is 4.79 Å². The van der Waals surface area contributed by atoms with Gasteiger partial charge in [-0.25, -0.2) is 14.5 Å². The molecule has 0 atom stereocenters. The maximum Gasteiger partial charge on any atom is 0.327 e. The molecule has 0 saturated heterocycles. The Kier molecular flexibility index (Phi) is 6.41. The van der Waals surface area contributed by atoms with Crippen LogP contribution in [-0.2, 0) is 20.1 Å². The first-order valence-electron chi connectivity index (χ1n) is 10.4. The van der Waals surface area contributed by atoms with Crippen LogP contribution in [0.15, 0.2) is 61.1 Å². The molecule has 0 aliphatic carbocycles. The van der Waals surface area contributed by atoms with Gasteiger partial charge in [0.25, 0.3) is 11.7 Å². The molecule has 8 nitrogen and oxygen atoms in total. The Bertz CT molecular complexity index is 1320. The molecular formula is C25H24N7O+. The second-order valence-corrected chi connectivity index (χ2v) is 7.55. The molecule has 2 heterocycles. The van der Waals surface area contributed by atoms with Gasteiger partial charge in [0.2, 0.25) is 0 Å². The summed E-state index contributed by atoms with van der Waals surface area (Å²) in [4.78, 5) is 20.9. The van der Waals surface area contributed by atoms with E-state index in [1.807, 2.05) is 54.9 Å². The van der Waals surface area contributed by atoms with Crippen molar-refractivity contribution in [2.75, 3.05) is 5.32 Å². The number of H-pyrrole nitrogens is 1. The first kappa shape index (κ1) is 21.7. The van der Waals surface area contributed by atoms with E-state index in [0.717, 1.165) is 33.9 Å². The van der Waals surface area contributed by atoms with Crippen LogP contribution in [0.3, 0.4) is 0 Å². The lowest BCUT2D eigenvalue weighted by atomic mass is 10.1. The van der Waals surface area contributed by atoms with E-state index in [0.29, 0.717) is 24.5 Å². The van der Waals surface area contributed by atoms with Gasteiger partial charge in [-0.2, -0.15) is 0 Å². The molecule has 0 fully saturated rings. The summed E-state index contributed by atoms with van der Waals surface area (Å²) in [6.45, 7) is 2.91. The Morgan fingerprint density at radius 2 is 2.06 bits per heavy atom. The van der Waals surface area contributed by atoms with Gasteiger partial charge in [0.1, 0.15) is 18.6 Å². The number of rotatable bonds is 7. The maximum atomic E-state index is 12.7. The highest BCUT2D eigenvalue weighted by Gasteiger charge is 2.19. The van der Waals surface area contributed by atoms with Gasteiger partial charge in [-0.1, -0.05) is 18.1 Å². The standard InChI is InChI=1S/C25H23N7O/c1-4-18-9-8-17(2)20(12-18)14-28-25(33)19-6-5-7-21(13-19)27-15-23-30-31-24(32(23)3)22-10-11-26-16-29-22/h1,5-13,16,27H,14-15H2,2-3H3,(H,28,33)/p+1. The van der Waals surface area contributed by atoms with Crippen LogP contribution in [0.1, 0.15) is 32.9 Å². The van der Waals surface area contributed by atoms with Crippen LogP contribution in [0.25, 0.3) is 11.5 Å². The van der Waals surface area contributed by atoms with E-state index in [1.165, 1.54) is 6.33 Å². The van der Waals surface area contributed by atoms with Crippen LogP contribution in [0.2, 0.25) is 0 Å². The first-order chi connectivity index (χ1) is 16.0. The molecule has 0 saturated carbocycles. The van der Waals surface area contributed by atoms with E-state index >= 15 is 0 Å². The molecule has 0 spiro atoms. The van der Waals surface area contributed by atoms with E-state index in [2.05, 4.69) is 36.7 Å². The molecule has 2 aromatic heterocycles. The second-order valence-electron chi connectivity index (χ2n) is 7.55. The third-order valence-corrected chi connectivity index (χ3v) is 5.36. The molecule has 33 heavy (non-hydrogen) atoms. The molecule has 3 N–H and O–H groups in total. The summed E-state index contributed by atoms with van der Waals surface area (Å²) in [5, 5.41) is 13.7. The number of aromatic amines is 1. The summed E-state index contributed by atoms with van der Waals surface area (Å²) >= 11 is 0. The molecule has 4 aromatic rings. The number of nitrogens with zero attached hydrogens (tertiary/aromatic N) is 4. The van der Waals surface area contributed by atoms with Gasteiger partial charge in [0.15, 0.2) is 0 Å². The van der Waals surface area contributed by atoms with Crippen molar-refractivity contribution in [2.45, 2.75) is 20.0 Å². The summed E-state index contributed by atoms with van der Waals surface area (Å²) in [7, 11) is 1.92. The molecule has 8 heteroatoms. The lowest BCUT2D eigenvalue weighted by Crippen LogP contribution is -2.35. The Morgan fingerprint density at radius 1 is 1.18 bits per heavy atom. The van der Waals surface area contributed by atoms with E-state index in [-0.39, 0.29) is 5.91 Å². The summed E-state index contributed by atoms with van der Waals surface area (Å²) in [6, 6.07) is 15.0. The molecule has 0 aliphatic rings. The average molecular weight is 439 g/mol.